The summed E-state index contributed by atoms with van der Waals surface area (Å²) < 4.78 is 5.74. The normalized spacial score (nSPS) is 30.1. The molecule has 0 radical (unpaired) electrons. The highest BCUT2D eigenvalue weighted by molar-refractivity contribution is 5.74. The number of nitrogens with zero attached hydrogens (tertiary/aromatic N) is 1. The molecule has 0 aromatic carbocycles. The third kappa shape index (κ3) is 3.64. The van der Waals surface area contributed by atoms with Crippen LogP contribution < -0.4 is 10.6 Å². The third-order valence-corrected chi connectivity index (χ3v) is 4.99. The van der Waals surface area contributed by atoms with Crippen molar-refractivity contribution in [3.8, 4) is 0 Å². The molecule has 1 aliphatic heterocycles. The van der Waals surface area contributed by atoms with E-state index in [1.165, 1.54) is 0 Å². The van der Waals surface area contributed by atoms with Gasteiger partial charge in [-0.3, -0.25) is 0 Å². The minimum atomic E-state index is -0.0440. The first-order valence-corrected chi connectivity index (χ1v) is 7.73. The molecule has 0 aromatic rings. The van der Waals surface area contributed by atoms with Crippen molar-refractivity contribution in [3.05, 3.63) is 0 Å². The number of fused-ring (bicyclic) bond motifs is 1. The Kier molecular flexibility index (Phi) is 4.91. The highest BCUT2D eigenvalue weighted by Gasteiger charge is 2.38. The largest absolute Gasteiger partial charge is 0.378 e. The van der Waals surface area contributed by atoms with Gasteiger partial charge in [-0.2, -0.15) is 0 Å². The number of amides is 2. The van der Waals surface area contributed by atoms with Gasteiger partial charge in [-0.25, -0.2) is 4.79 Å². The molecule has 2 amide bonds. The van der Waals surface area contributed by atoms with E-state index in [1.54, 1.807) is 0 Å². The summed E-state index contributed by atoms with van der Waals surface area (Å²) in [5.74, 6) is 0.511. The predicted octanol–water partition coefficient (Wildman–Crippen LogP) is 1.58. The Hall–Kier alpha value is -0.810. The maximum Gasteiger partial charge on any atom is 0.315 e. The summed E-state index contributed by atoms with van der Waals surface area (Å²) in [5, 5.41) is 6.15. The molecule has 1 aliphatic carbocycles. The Morgan fingerprint density at radius 3 is 2.75 bits per heavy atom. The summed E-state index contributed by atoms with van der Waals surface area (Å²) in [6, 6.07) is 0.233. The van der Waals surface area contributed by atoms with Gasteiger partial charge in [0.15, 0.2) is 0 Å². The van der Waals surface area contributed by atoms with Gasteiger partial charge < -0.3 is 20.3 Å². The van der Waals surface area contributed by atoms with E-state index in [0.29, 0.717) is 18.6 Å². The molecule has 0 spiro atoms. The van der Waals surface area contributed by atoms with E-state index in [-0.39, 0.29) is 17.6 Å². The average molecular weight is 283 g/mol. The van der Waals surface area contributed by atoms with E-state index in [4.69, 9.17) is 4.74 Å². The van der Waals surface area contributed by atoms with Crippen LogP contribution in [-0.2, 0) is 4.74 Å². The zero-order valence-electron chi connectivity index (χ0n) is 13.2. The molecular weight excluding hydrogens is 254 g/mol. The molecule has 1 saturated heterocycles. The molecule has 2 aliphatic rings. The molecule has 20 heavy (non-hydrogen) atoms. The SMILES string of the molecule is CN(C)C(C)(C)CNC(=O)N[C@@H]1CCC[C@@H]2OCC[C@H]21. The van der Waals surface area contributed by atoms with Crippen molar-refractivity contribution in [1.82, 2.24) is 15.5 Å². The minimum absolute atomic E-state index is 0.0388. The molecule has 116 valence electrons. The zero-order chi connectivity index (χ0) is 14.8. The van der Waals surface area contributed by atoms with Crippen LogP contribution >= 0.6 is 0 Å². The molecule has 5 heteroatoms. The van der Waals surface area contributed by atoms with E-state index >= 15 is 0 Å². The lowest BCUT2D eigenvalue weighted by molar-refractivity contribution is 0.0548. The number of rotatable bonds is 4. The summed E-state index contributed by atoms with van der Waals surface area (Å²) in [6.45, 7) is 5.73. The second-order valence-corrected chi connectivity index (χ2v) is 6.93. The van der Waals surface area contributed by atoms with Gasteiger partial charge in [0.05, 0.1) is 6.10 Å². The van der Waals surface area contributed by atoms with E-state index in [2.05, 4.69) is 29.4 Å². The van der Waals surface area contributed by atoms with Crippen LogP contribution in [0, 0.1) is 5.92 Å². The molecule has 5 nitrogen and oxygen atoms in total. The van der Waals surface area contributed by atoms with E-state index in [1.807, 2.05) is 14.1 Å². The molecule has 0 aromatic heterocycles. The highest BCUT2D eigenvalue weighted by atomic mass is 16.5. The van der Waals surface area contributed by atoms with Crippen LogP contribution in [0.1, 0.15) is 39.5 Å². The molecule has 0 bridgehead atoms. The maximum atomic E-state index is 12.1. The van der Waals surface area contributed by atoms with Gasteiger partial charge in [0.25, 0.3) is 0 Å². The molecule has 2 N–H and O–H groups in total. The zero-order valence-corrected chi connectivity index (χ0v) is 13.2. The minimum Gasteiger partial charge on any atom is -0.378 e. The molecular formula is C15H29N3O2. The van der Waals surface area contributed by atoms with Crippen LogP contribution in [0.3, 0.4) is 0 Å². The number of carbonyl (C=O) groups is 1. The number of nitrogens with one attached hydrogen (secondary N) is 2. The van der Waals surface area contributed by atoms with Crippen molar-refractivity contribution in [3.63, 3.8) is 0 Å². The van der Waals surface area contributed by atoms with Gasteiger partial charge in [0.1, 0.15) is 0 Å². The molecule has 1 heterocycles. The van der Waals surface area contributed by atoms with Gasteiger partial charge in [-0.15, -0.1) is 0 Å². The monoisotopic (exact) mass is 283 g/mol. The molecule has 2 rings (SSSR count). The quantitative estimate of drug-likeness (QED) is 0.824. The first-order valence-electron chi connectivity index (χ1n) is 7.73. The molecule has 1 saturated carbocycles. The summed E-state index contributed by atoms with van der Waals surface area (Å²) >= 11 is 0. The topological polar surface area (TPSA) is 53.6 Å². The van der Waals surface area contributed by atoms with E-state index in [9.17, 15) is 4.79 Å². The number of hydrogen-bond acceptors (Lipinski definition) is 3. The number of likely N-dealkylation sites (N-methyl/N-ethyl adjacent to an activating group) is 1. The summed E-state index contributed by atoms with van der Waals surface area (Å²) in [4.78, 5) is 14.2. The summed E-state index contributed by atoms with van der Waals surface area (Å²) in [7, 11) is 4.06. The number of ether oxygens (including phenoxy) is 1. The first-order chi connectivity index (χ1) is 9.40. The van der Waals surface area contributed by atoms with Crippen LogP contribution in [0.15, 0.2) is 0 Å². The third-order valence-electron chi connectivity index (χ3n) is 4.99. The van der Waals surface area contributed by atoms with Crippen LogP contribution in [0.25, 0.3) is 0 Å². The van der Waals surface area contributed by atoms with Gasteiger partial charge in [-0.1, -0.05) is 0 Å². The smallest absolute Gasteiger partial charge is 0.315 e. The molecule has 0 unspecified atom stereocenters. The lowest BCUT2D eigenvalue weighted by Crippen LogP contribution is -2.53. The second kappa shape index (κ2) is 6.31. The van der Waals surface area contributed by atoms with Gasteiger partial charge >= 0.3 is 6.03 Å². The highest BCUT2D eigenvalue weighted by Crippen LogP contribution is 2.34. The Morgan fingerprint density at radius 2 is 2.05 bits per heavy atom. The van der Waals surface area contributed by atoms with Crippen LogP contribution in [0.5, 0.6) is 0 Å². The van der Waals surface area contributed by atoms with Gasteiger partial charge in [-0.05, 0) is 53.6 Å². The summed E-state index contributed by atoms with van der Waals surface area (Å²) in [6.07, 6.45) is 4.83. The van der Waals surface area contributed by atoms with Gasteiger partial charge in [0, 0.05) is 30.7 Å². The fourth-order valence-electron chi connectivity index (χ4n) is 3.03. The molecule has 2 fully saturated rings. The van der Waals surface area contributed by atoms with Crippen molar-refractivity contribution < 1.29 is 9.53 Å². The fraction of sp³-hybridized carbons (Fsp3) is 0.933. The average Bonchev–Trinajstić information content (AvgIpc) is 2.86. The van der Waals surface area contributed by atoms with Gasteiger partial charge in [0.2, 0.25) is 0 Å². The van der Waals surface area contributed by atoms with E-state index in [0.717, 1.165) is 32.3 Å². The van der Waals surface area contributed by atoms with Crippen molar-refractivity contribution >= 4 is 6.03 Å². The lowest BCUT2D eigenvalue weighted by Gasteiger charge is -2.35. The summed E-state index contributed by atoms with van der Waals surface area (Å²) in [5.41, 5.74) is -0.0388. The first kappa shape index (κ1) is 15.6. The van der Waals surface area contributed by atoms with Crippen molar-refractivity contribution in [2.45, 2.75) is 57.2 Å². The standard InChI is InChI=1S/C15H29N3O2/c1-15(2,18(3)4)10-16-14(19)17-12-6-5-7-13-11(12)8-9-20-13/h11-13H,5-10H2,1-4H3,(H2,16,17,19)/t11-,12+,13-/m0/s1. The van der Waals surface area contributed by atoms with Crippen molar-refractivity contribution in [1.29, 1.82) is 0 Å². The number of urea groups is 1. The van der Waals surface area contributed by atoms with Crippen molar-refractivity contribution in [2.24, 2.45) is 5.92 Å². The molecule has 3 atom stereocenters. The number of hydrogen-bond donors (Lipinski definition) is 2. The fourth-order valence-corrected chi connectivity index (χ4v) is 3.03. The van der Waals surface area contributed by atoms with Crippen LogP contribution in [0.2, 0.25) is 0 Å². The van der Waals surface area contributed by atoms with Crippen LogP contribution in [0.4, 0.5) is 4.79 Å². The van der Waals surface area contributed by atoms with E-state index < -0.39 is 0 Å². The number of carbonyl (C=O) groups excluding carboxylic acids is 1. The lowest BCUT2D eigenvalue weighted by atomic mass is 9.82. The Labute approximate surface area is 122 Å². The van der Waals surface area contributed by atoms with Crippen LogP contribution in [-0.4, -0.2) is 55.9 Å². The maximum absolute atomic E-state index is 12.1. The second-order valence-electron chi connectivity index (χ2n) is 6.93. The Morgan fingerprint density at radius 1 is 1.30 bits per heavy atom. The Bertz CT molecular complexity index is 344. The Balaban J connectivity index is 1.79. The predicted molar refractivity (Wildman–Crippen MR) is 79.8 cm³/mol. The van der Waals surface area contributed by atoms with Crippen molar-refractivity contribution in [2.75, 3.05) is 27.2 Å².